The lowest BCUT2D eigenvalue weighted by atomic mass is 9.98. The van der Waals surface area contributed by atoms with Crippen molar-refractivity contribution in [3.8, 4) is 11.1 Å². The van der Waals surface area contributed by atoms with E-state index in [1.807, 2.05) is 72.4 Å². The van der Waals surface area contributed by atoms with E-state index in [0.717, 1.165) is 38.9 Å². The van der Waals surface area contributed by atoms with Crippen molar-refractivity contribution < 1.29 is 19.4 Å². The molecule has 1 aliphatic carbocycles. The van der Waals surface area contributed by atoms with Crippen LogP contribution in [0.15, 0.2) is 72.8 Å². The second-order valence-electron chi connectivity index (χ2n) is 8.79. The van der Waals surface area contributed by atoms with Crippen LogP contribution < -0.4 is 5.32 Å². The van der Waals surface area contributed by atoms with Crippen LogP contribution in [0.2, 0.25) is 0 Å². The van der Waals surface area contributed by atoms with Gasteiger partial charge in [0.2, 0.25) is 0 Å². The largest absolute Gasteiger partial charge is 0.480 e. The van der Waals surface area contributed by atoms with Crippen LogP contribution in [-0.4, -0.2) is 45.4 Å². The van der Waals surface area contributed by atoms with Crippen molar-refractivity contribution in [2.24, 2.45) is 7.05 Å². The topological polar surface area (TPSA) is 93.5 Å². The summed E-state index contributed by atoms with van der Waals surface area (Å²) in [5.41, 5.74) is 6.54. The Balaban J connectivity index is 1.14. The van der Waals surface area contributed by atoms with E-state index in [-0.39, 0.29) is 18.9 Å². The van der Waals surface area contributed by atoms with Crippen LogP contribution in [0.25, 0.3) is 22.0 Å². The Bertz CT molecular complexity index is 1370. The number of ether oxygens (including phenoxy) is 1. The second-order valence-corrected chi connectivity index (χ2v) is 9.89. The number of fused-ring (bicyclic) bond motifs is 4. The van der Waals surface area contributed by atoms with Gasteiger partial charge in [0.15, 0.2) is 0 Å². The SMILES string of the molecule is Cn1nc(CSCCC(NC(=O)OCC2c3ccccc3-c3ccccc32)C(=O)O)c2ccccc21. The zero-order valence-corrected chi connectivity index (χ0v) is 20.7. The first-order valence-corrected chi connectivity index (χ1v) is 13.0. The zero-order valence-electron chi connectivity index (χ0n) is 19.9. The molecule has 36 heavy (non-hydrogen) atoms. The summed E-state index contributed by atoms with van der Waals surface area (Å²) in [4.78, 5) is 24.3. The van der Waals surface area contributed by atoms with Gasteiger partial charge in [-0.3, -0.25) is 4.68 Å². The number of nitrogens with zero attached hydrogens (tertiary/aromatic N) is 2. The third-order valence-electron chi connectivity index (χ3n) is 6.56. The summed E-state index contributed by atoms with van der Waals surface area (Å²) in [6.45, 7) is 0.147. The quantitative estimate of drug-likeness (QED) is 0.307. The van der Waals surface area contributed by atoms with Crippen LogP contribution in [-0.2, 0) is 22.3 Å². The first kappa shape index (κ1) is 23.9. The van der Waals surface area contributed by atoms with E-state index in [0.29, 0.717) is 11.5 Å². The Labute approximate surface area is 213 Å². The van der Waals surface area contributed by atoms with Crippen LogP contribution in [0.4, 0.5) is 4.79 Å². The summed E-state index contributed by atoms with van der Waals surface area (Å²) < 4.78 is 7.37. The maximum absolute atomic E-state index is 12.5. The summed E-state index contributed by atoms with van der Waals surface area (Å²) in [7, 11) is 1.91. The molecule has 4 aromatic rings. The molecule has 0 bridgehead atoms. The number of nitrogens with one attached hydrogen (secondary N) is 1. The molecule has 1 heterocycles. The van der Waals surface area contributed by atoms with Crippen LogP contribution in [0.3, 0.4) is 0 Å². The van der Waals surface area contributed by atoms with Crippen molar-refractivity contribution >= 4 is 34.7 Å². The molecule has 0 fully saturated rings. The van der Waals surface area contributed by atoms with Crippen LogP contribution in [0.1, 0.15) is 29.2 Å². The highest BCUT2D eigenvalue weighted by Crippen LogP contribution is 2.44. The molecule has 0 saturated heterocycles. The summed E-state index contributed by atoms with van der Waals surface area (Å²) in [5, 5.41) is 17.8. The number of aryl methyl sites for hydroxylation is 1. The number of aromatic nitrogens is 2. The fourth-order valence-corrected chi connectivity index (χ4v) is 5.76. The molecule has 1 amide bonds. The number of rotatable bonds is 9. The van der Waals surface area contributed by atoms with Crippen LogP contribution >= 0.6 is 11.8 Å². The lowest BCUT2D eigenvalue weighted by Crippen LogP contribution is -2.41. The summed E-state index contributed by atoms with van der Waals surface area (Å²) in [6, 6.07) is 23.2. The molecular weight excluding hydrogens is 474 g/mol. The van der Waals surface area contributed by atoms with E-state index < -0.39 is 18.1 Å². The van der Waals surface area contributed by atoms with E-state index in [1.54, 1.807) is 11.8 Å². The highest BCUT2D eigenvalue weighted by molar-refractivity contribution is 7.98. The average molecular weight is 502 g/mol. The molecule has 0 aliphatic heterocycles. The molecule has 184 valence electrons. The highest BCUT2D eigenvalue weighted by Gasteiger charge is 2.29. The van der Waals surface area contributed by atoms with Crippen molar-refractivity contribution in [2.45, 2.75) is 24.1 Å². The summed E-state index contributed by atoms with van der Waals surface area (Å²) >= 11 is 1.59. The van der Waals surface area contributed by atoms with Crippen LogP contribution in [0.5, 0.6) is 0 Å². The predicted octanol–water partition coefficient (Wildman–Crippen LogP) is 5.19. The molecule has 2 N–H and O–H groups in total. The minimum Gasteiger partial charge on any atom is -0.480 e. The van der Waals surface area contributed by atoms with Crippen molar-refractivity contribution in [1.82, 2.24) is 15.1 Å². The Morgan fingerprint density at radius 2 is 1.67 bits per heavy atom. The Hall–Kier alpha value is -3.78. The first-order chi connectivity index (χ1) is 17.5. The van der Waals surface area contributed by atoms with E-state index in [1.165, 1.54) is 0 Å². The number of carboxylic acid groups (broad SMARTS) is 1. The van der Waals surface area contributed by atoms with Gasteiger partial charge in [-0.25, -0.2) is 9.59 Å². The normalized spacial score (nSPS) is 13.2. The Morgan fingerprint density at radius 1 is 1.03 bits per heavy atom. The van der Waals surface area contributed by atoms with Gasteiger partial charge in [0.25, 0.3) is 0 Å². The zero-order chi connectivity index (χ0) is 25.1. The number of benzene rings is 3. The fraction of sp³-hybridized carbons (Fsp3) is 0.250. The molecule has 1 aliphatic rings. The maximum atomic E-state index is 12.5. The fourth-order valence-electron chi connectivity index (χ4n) is 4.81. The van der Waals surface area contributed by atoms with Gasteiger partial charge in [-0.1, -0.05) is 66.7 Å². The maximum Gasteiger partial charge on any atom is 0.407 e. The third kappa shape index (κ3) is 4.81. The molecule has 8 heteroatoms. The molecule has 0 saturated carbocycles. The van der Waals surface area contributed by atoms with Gasteiger partial charge in [0.1, 0.15) is 12.6 Å². The van der Waals surface area contributed by atoms with Crippen molar-refractivity contribution in [3.63, 3.8) is 0 Å². The summed E-state index contributed by atoms with van der Waals surface area (Å²) in [5.74, 6) is 0.0760. The molecule has 1 unspecified atom stereocenters. The number of thioether (sulfide) groups is 1. The number of hydrogen-bond donors (Lipinski definition) is 2. The Morgan fingerprint density at radius 3 is 2.36 bits per heavy atom. The molecule has 0 radical (unpaired) electrons. The van der Waals surface area contributed by atoms with E-state index in [9.17, 15) is 14.7 Å². The van der Waals surface area contributed by atoms with Crippen molar-refractivity contribution in [3.05, 3.63) is 89.6 Å². The minimum absolute atomic E-state index is 0.0739. The number of alkyl carbamates (subject to hydrolysis) is 1. The van der Waals surface area contributed by atoms with Gasteiger partial charge in [0.05, 0.1) is 11.2 Å². The smallest absolute Gasteiger partial charge is 0.407 e. The monoisotopic (exact) mass is 501 g/mol. The second kappa shape index (κ2) is 10.5. The number of carboxylic acids is 1. The van der Waals surface area contributed by atoms with Crippen molar-refractivity contribution in [2.75, 3.05) is 12.4 Å². The van der Waals surface area contributed by atoms with E-state index in [4.69, 9.17) is 4.74 Å². The minimum atomic E-state index is -1.08. The number of carbonyl (C=O) groups is 2. The lowest BCUT2D eigenvalue weighted by molar-refractivity contribution is -0.139. The van der Waals surface area contributed by atoms with Gasteiger partial charge >= 0.3 is 12.1 Å². The molecule has 5 rings (SSSR count). The number of aliphatic carboxylic acids is 1. The van der Waals surface area contributed by atoms with Gasteiger partial charge in [0, 0.05) is 24.1 Å². The van der Waals surface area contributed by atoms with Crippen molar-refractivity contribution in [1.29, 1.82) is 0 Å². The standard InChI is InChI=1S/C28H27N3O4S/c1-31-26-13-7-6-12-22(26)25(30-31)17-36-15-14-24(27(32)33)29-28(34)35-16-23-20-10-4-2-8-18(20)19-9-3-5-11-21(19)23/h2-13,23-24H,14-17H2,1H3,(H,29,34)(H,32,33). The van der Waals surface area contributed by atoms with Gasteiger partial charge < -0.3 is 15.2 Å². The molecule has 1 aromatic heterocycles. The number of para-hydroxylation sites is 1. The number of hydrogen-bond acceptors (Lipinski definition) is 5. The lowest BCUT2D eigenvalue weighted by Gasteiger charge is -2.17. The molecule has 3 aromatic carbocycles. The molecule has 0 spiro atoms. The van der Waals surface area contributed by atoms with Gasteiger partial charge in [-0.2, -0.15) is 16.9 Å². The van der Waals surface area contributed by atoms with Gasteiger partial charge in [-0.05, 0) is 40.5 Å². The molecule has 7 nitrogen and oxygen atoms in total. The third-order valence-corrected chi connectivity index (χ3v) is 7.56. The van der Waals surface area contributed by atoms with E-state index in [2.05, 4.69) is 22.5 Å². The summed E-state index contributed by atoms with van der Waals surface area (Å²) in [6.07, 6.45) is -0.431. The number of carbonyl (C=O) groups excluding carboxylic acids is 1. The molecular formula is C28H27N3O4S. The predicted molar refractivity (Wildman–Crippen MR) is 141 cm³/mol. The Kier molecular flexibility index (Phi) is 6.95. The van der Waals surface area contributed by atoms with E-state index >= 15 is 0 Å². The van der Waals surface area contributed by atoms with Crippen LogP contribution in [0, 0.1) is 0 Å². The highest BCUT2D eigenvalue weighted by atomic mass is 32.2. The average Bonchev–Trinajstić information content (AvgIpc) is 3.39. The number of amides is 1. The first-order valence-electron chi connectivity index (χ1n) is 11.9. The molecule has 1 atom stereocenters. The van der Waals surface area contributed by atoms with Gasteiger partial charge in [-0.15, -0.1) is 0 Å².